The summed E-state index contributed by atoms with van der Waals surface area (Å²) in [5.41, 5.74) is 12.9. The molecule has 0 bridgehead atoms. The summed E-state index contributed by atoms with van der Waals surface area (Å²) in [6.45, 7) is 19.0. The first-order valence-corrected chi connectivity index (χ1v) is 30.7. The molecule has 1 heterocycles. The highest BCUT2D eigenvalue weighted by Crippen LogP contribution is 2.50. The van der Waals surface area contributed by atoms with Gasteiger partial charge in [-0.15, -0.1) is 0 Å². The Kier molecular flexibility index (Phi) is 10.3. The Morgan fingerprint density at radius 1 is 0.343 bits per heavy atom. The maximum atomic E-state index is 2.58. The molecule has 0 aliphatic rings. The van der Waals surface area contributed by atoms with Gasteiger partial charge in [0.05, 0.1) is 44.2 Å². The van der Waals surface area contributed by atoms with Crippen LogP contribution in [0.15, 0.2) is 200 Å². The summed E-state index contributed by atoms with van der Waals surface area (Å²) in [7, 11) is -3.09. The Balaban J connectivity index is 1.31. The maximum Gasteiger partial charge on any atom is 0.0775 e. The fraction of sp³-hybridized carbons (Fsp3) is 0.129. The van der Waals surface area contributed by atoms with Gasteiger partial charge < -0.3 is 14.4 Å². The molecule has 10 aromatic carbocycles. The molecule has 11 rings (SSSR count). The number of anilines is 6. The van der Waals surface area contributed by atoms with Gasteiger partial charge in [0.15, 0.2) is 0 Å². The summed E-state index contributed by atoms with van der Waals surface area (Å²) in [5, 5.41) is 12.7. The minimum atomic E-state index is -1.54. The number of rotatable bonds is 9. The van der Waals surface area contributed by atoms with Crippen LogP contribution in [-0.2, 0) is 0 Å². The molecule has 0 saturated carbocycles. The van der Waals surface area contributed by atoms with Crippen molar-refractivity contribution in [3.8, 4) is 5.69 Å². The molecule has 0 radical (unpaired) electrons. The van der Waals surface area contributed by atoms with Crippen molar-refractivity contribution in [3.63, 3.8) is 0 Å². The Morgan fingerprint density at radius 3 is 1.15 bits per heavy atom. The monoisotopic (exact) mass is 899 g/mol. The van der Waals surface area contributed by atoms with Crippen molar-refractivity contribution < 1.29 is 0 Å². The van der Waals surface area contributed by atoms with Gasteiger partial charge in [-0.3, -0.25) is 0 Å². The molecule has 0 unspecified atom stereocenters. The zero-order valence-electron chi connectivity index (χ0n) is 39.9. The van der Waals surface area contributed by atoms with E-state index >= 15 is 0 Å². The smallest absolute Gasteiger partial charge is 0.0775 e. The van der Waals surface area contributed by atoms with E-state index in [-0.39, 0.29) is 0 Å². The molecule has 328 valence electrons. The van der Waals surface area contributed by atoms with E-state index in [0.717, 1.165) is 28.4 Å². The van der Waals surface area contributed by atoms with Crippen LogP contribution in [0.5, 0.6) is 0 Å². The lowest BCUT2D eigenvalue weighted by Gasteiger charge is -2.29. The number of aryl methyl sites for hydroxylation is 2. The predicted octanol–water partition coefficient (Wildman–Crippen LogP) is 16.9. The third-order valence-corrected chi connectivity index (χ3v) is 18.1. The van der Waals surface area contributed by atoms with E-state index in [9.17, 15) is 0 Å². The lowest BCUT2D eigenvalue weighted by atomic mass is 9.96. The molecule has 0 N–H and O–H groups in total. The van der Waals surface area contributed by atoms with Crippen molar-refractivity contribution in [1.82, 2.24) is 4.57 Å². The lowest BCUT2D eigenvalue weighted by Crippen LogP contribution is -2.37. The minimum Gasteiger partial charge on any atom is -0.310 e. The lowest BCUT2D eigenvalue weighted by molar-refractivity contribution is 1.19. The summed E-state index contributed by atoms with van der Waals surface area (Å²) in [4.78, 5) is 5.01. The van der Waals surface area contributed by atoms with Crippen LogP contribution in [-0.4, -0.2) is 20.7 Å². The van der Waals surface area contributed by atoms with Crippen molar-refractivity contribution >= 4 is 115 Å². The van der Waals surface area contributed by atoms with Gasteiger partial charge in [0, 0.05) is 49.7 Å². The second-order valence-corrected chi connectivity index (χ2v) is 30.5. The number of hydrogen-bond donors (Lipinski definition) is 0. The summed E-state index contributed by atoms with van der Waals surface area (Å²) >= 11 is 0. The van der Waals surface area contributed by atoms with Crippen LogP contribution in [0.4, 0.5) is 34.1 Å². The molecule has 0 fully saturated rings. The van der Waals surface area contributed by atoms with Gasteiger partial charge in [0.1, 0.15) is 0 Å². The zero-order valence-corrected chi connectivity index (χ0v) is 41.9. The average Bonchev–Trinajstić information content (AvgIpc) is 3.66. The molecular formula is C62H57N3Si2. The fourth-order valence-corrected chi connectivity index (χ4v) is 12.7. The van der Waals surface area contributed by atoms with Gasteiger partial charge in [-0.05, 0) is 95.7 Å². The van der Waals surface area contributed by atoms with Crippen molar-refractivity contribution in [2.24, 2.45) is 0 Å². The third kappa shape index (κ3) is 7.25. The Labute approximate surface area is 397 Å². The molecule has 3 nitrogen and oxygen atoms in total. The molecule has 67 heavy (non-hydrogen) atoms. The van der Waals surface area contributed by atoms with E-state index in [1.807, 2.05) is 0 Å². The first-order chi connectivity index (χ1) is 32.4. The van der Waals surface area contributed by atoms with Crippen LogP contribution in [0.2, 0.25) is 39.3 Å². The third-order valence-electron chi connectivity index (χ3n) is 13.9. The van der Waals surface area contributed by atoms with Crippen LogP contribution >= 0.6 is 0 Å². The van der Waals surface area contributed by atoms with Crippen LogP contribution in [0.3, 0.4) is 0 Å². The summed E-state index contributed by atoms with van der Waals surface area (Å²) in [6.07, 6.45) is 0. The van der Waals surface area contributed by atoms with E-state index < -0.39 is 16.1 Å². The van der Waals surface area contributed by atoms with E-state index in [2.05, 4.69) is 268 Å². The van der Waals surface area contributed by atoms with E-state index in [1.165, 1.54) is 87.0 Å². The number of benzene rings is 10. The van der Waals surface area contributed by atoms with Crippen molar-refractivity contribution in [2.45, 2.75) is 53.1 Å². The number of para-hydroxylation sites is 2. The molecule has 0 spiro atoms. The van der Waals surface area contributed by atoms with Crippen molar-refractivity contribution in [3.05, 3.63) is 211 Å². The van der Waals surface area contributed by atoms with E-state index in [0.29, 0.717) is 0 Å². The van der Waals surface area contributed by atoms with Crippen LogP contribution < -0.4 is 20.2 Å². The molecule has 0 amide bonds. The highest BCUT2D eigenvalue weighted by molar-refractivity contribution is 6.89. The predicted molar refractivity (Wildman–Crippen MR) is 298 cm³/mol. The zero-order chi connectivity index (χ0) is 46.2. The normalized spacial score (nSPS) is 12.2. The summed E-state index contributed by atoms with van der Waals surface area (Å²) < 4.78 is 2.58. The Bertz CT molecular complexity index is 3470. The first-order valence-electron chi connectivity index (χ1n) is 23.7. The first kappa shape index (κ1) is 42.4. The maximum absolute atomic E-state index is 2.58. The number of fused-ring (bicyclic) bond motifs is 8. The molecule has 0 aliphatic heterocycles. The molecule has 0 saturated heterocycles. The largest absolute Gasteiger partial charge is 0.310 e. The highest BCUT2D eigenvalue weighted by Gasteiger charge is 2.28. The van der Waals surface area contributed by atoms with Crippen LogP contribution in [0.1, 0.15) is 11.1 Å². The Morgan fingerprint density at radius 2 is 0.716 bits per heavy atom. The van der Waals surface area contributed by atoms with Crippen molar-refractivity contribution in [2.75, 3.05) is 9.80 Å². The van der Waals surface area contributed by atoms with Gasteiger partial charge >= 0.3 is 0 Å². The average molecular weight is 900 g/mol. The second-order valence-electron chi connectivity index (χ2n) is 20.3. The molecule has 1 aromatic heterocycles. The van der Waals surface area contributed by atoms with Gasteiger partial charge in [-0.2, -0.15) is 0 Å². The SMILES string of the molecule is Cc1ccccc1N(c1ccc([Si](C)(C)C)cc1)c1cc2c(c3ccccc13)c1c3ccccc3c(N(c3ccc([Si](C)(C)C)cc3)c3ccccc3C)cc1n2-c1cccc2ccccc12. The highest BCUT2D eigenvalue weighted by atomic mass is 28.3. The molecule has 0 atom stereocenters. The van der Waals surface area contributed by atoms with E-state index in [4.69, 9.17) is 0 Å². The number of nitrogens with zero attached hydrogens (tertiary/aromatic N) is 3. The van der Waals surface area contributed by atoms with Crippen LogP contribution in [0, 0.1) is 13.8 Å². The molecule has 0 aliphatic carbocycles. The standard InChI is InChI=1S/C62H57N3Si2/c1-42-20-9-17-29-54(42)63(45-32-36-47(37-33-45)66(3,4)5)57-40-59-61(52-27-15-13-25-50(52)57)62-53-28-16-14-26-51(53)58(41-60(62)65(59)56-31-19-23-44-22-11-12-24-49(44)56)64(55-30-18-10-21-43(55)2)46-34-38-48(39-35-46)67(6,7)8/h9-41H,1-8H3. The fourth-order valence-electron chi connectivity index (χ4n) is 10.4. The Hall–Kier alpha value is -7.19. The van der Waals surface area contributed by atoms with Crippen LogP contribution in [0.25, 0.3) is 59.8 Å². The number of aromatic nitrogens is 1. The quantitative estimate of drug-likeness (QED) is 0.134. The summed E-state index contributed by atoms with van der Waals surface area (Å²) in [6, 6.07) is 75.3. The topological polar surface area (TPSA) is 11.4 Å². The molecule has 5 heteroatoms. The van der Waals surface area contributed by atoms with E-state index in [1.54, 1.807) is 0 Å². The van der Waals surface area contributed by atoms with Gasteiger partial charge in [-0.25, -0.2) is 0 Å². The van der Waals surface area contributed by atoms with Gasteiger partial charge in [0.25, 0.3) is 0 Å². The number of hydrogen-bond acceptors (Lipinski definition) is 2. The van der Waals surface area contributed by atoms with Gasteiger partial charge in [0.2, 0.25) is 0 Å². The second kappa shape index (κ2) is 16.3. The molecular weight excluding hydrogens is 843 g/mol. The molecule has 11 aromatic rings. The van der Waals surface area contributed by atoms with Crippen molar-refractivity contribution in [1.29, 1.82) is 0 Å². The van der Waals surface area contributed by atoms with Gasteiger partial charge in [-0.1, -0.05) is 195 Å². The summed E-state index contributed by atoms with van der Waals surface area (Å²) in [5.74, 6) is 0. The minimum absolute atomic E-state index is 1.15.